The van der Waals surface area contributed by atoms with Crippen LogP contribution in [0.2, 0.25) is 0 Å². The number of allylic oxidation sites excluding steroid dienone is 16. The van der Waals surface area contributed by atoms with E-state index in [0.29, 0.717) is 12.8 Å². The molecule has 0 radical (unpaired) electrons. The molecular formula is C69H120O5. The molecule has 0 aromatic rings. The van der Waals surface area contributed by atoms with Crippen LogP contribution in [0.25, 0.3) is 0 Å². The van der Waals surface area contributed by atoms with E-state index in [1.165, 1.54) is 193 Å². The number of hydrogen-bond donors (Lipinski definition) is 1. The largest absolute Gasteiger partial charge is 0.462 e. The van der Waals surface area contributed by atoms with Crippen LogP contribution in [0.3, 0.4) is 0 Å². The maximum atomic E-state index is 12.3. The van der Waals surface area contributed by atoms with E-state index in [1.807, 2.05) is 0 Å². The second kappa shape index (κ2) is 64.1. The maximum Gasteiger partial charge on any atom is 0.306 e. The van der Waals surface area contributed by atoms with Crippen molar-refractivity contribution < 1.29 is 24.2 Å². The van der Waals surface area contributed by atoms with E-state index < -0.39 is 6.10 Å². The average molecular weight is 1030 g/mol. The van der Waals surface area contributed by atoms with Crippen molar-refractivity contribution in [2.75, 3.05) is 13.2 Å². The fourth-order valence-corrected chi connectivity index (χ4v) is 9.16. The molecule has 0 spiro atoms. The van der Waals surface area contributed by atoms with Crippen LogP contribution in [-0.4, -0.2) is 36.4 Å². The Bertz CT molecular complexity index is 1400. The van der Waals surface area contributed by atoms with Gasteiger partial charge in [0, 0.05) is 12.8 Å². The fraction of sp³-hybridized carbons (Fsp3) is 0.739. The van der Waals surface area contributed by atoms with Crippen LogP contribution in [-0.2, 0) is 19.1 Å². The van der Waals surface area contributed by atoms with Gasteiger partial charge in [-0.1, -0.05) is 317 Å². The van der Waals surface area contributed by atoms with Crippen molar-refractivity contribution in [3.63, 3.8) is 0 Å². The first-order valence-electron chi connectivity index (χ1n) is 31.8. The Morgan fingerprint density at radius 1 is 0.324 bits per heavy atom. The number of hydrogen-bond acceptors (Lipinski definition) is 5. The zero-order valence-corrected chi connectivity index (χ0v) is 48.8. The molecule has 0 bridgehead atoms. The molecule has 426 valence electrons. The van der Waals surface area contributed by atoms with Crippen LogP contribution in [0.1, 0.15) is 309 Å². The van der Waals surface area contributed by atoms with E-state index in [4.69, 9.17) is 9.47 Å². The Morgan fingerprint density at radius 2 is 0.581 bits per heavy atom. The van der Waals surface area contributed by atoms with Crippen LogP contribution in [0.5, 0.6) is 0 Å². The van der Waals surface area contributed by atoms with Gasteiger partial charge < -0.3 is 14.6 Å². The number of aliphatic hydroxyl groups is 1. The standard InChI is InChI=1S/C69H120O5/c1-3-5-7-9-11-13-15-17-19-21-23-25-27-28-29-30-31-32-33-34-35-36-37-38-39-40-42-44-46-48-50-52-54-56-58-60-62-64-69(72)74-67(65-70)66-73-68(71)63-61-59-57-55-53-51-49-47-45-43-41-26-24-22-20-18-16-14-12-10-8-6-4-2/h5,7,11,13,17,19,23,25,28-29,31-32,34-35,37-38,67,70H,3-4,6,8-10,12,14-16,18,20-22,24,26-27,30,33,36,39-66H2,1-2H3/b7-5-,13-11-,19-17-,25-23-,29-28-,32-31-,35-34-,38-37-. The third-order valence-electron chi connectivity index (χ3n) is 13.9. The summed E-state index contributed by atoms with van der Waals surface area (Å²) >= 11 is 0. The van der Waals surface area contributed by atoms with Crippen LogP contribution >= 0.6 is 0 Å². The second-order valence-corrected chi connectivity index (χ2v) is 21.1. The second-order valence-electron chi connectivity index (χ2n) is 21.1. The minimum Gasteiger partial charge on any atom is -0.462 e. The molecule has 0 aliphatic rings. The smallest absolute Gasteiger partial charge is 0.306 e. The van der Waals surface area contributed by atoms with Gasteiger partial charge in [-0.3, -0.25) is 9.59 Å². The maximum absolute atomic E-state index is 12.3. The first-order valence-corrected chi connectivity index (χ1v) is 31.8. The molecule has 0 saturated heterocycles. The van der Waals surface area contributed by atoms with Crippen molar-refractivity contribution in [3.8, 4) is 0 Å². The summed E-state index contributed by atoms with van der Waals surface area (Å²) in [7, 11) is 0. The van der Waals surface area contributed by atoms with E-state index >= 15 is 0 Å². The van der Waals surface area contributed by atoms with Crippen LogP contribution in [0, 0.1) is 0 Å². The first kappa shape index (κ1) is 70.8. The Morgan fingerprint density at radius 3 is 0.878 bits per heavy atom. The van der Waals surface area contributed by atoms with E-state index in [1.54, 1.807) is 0 Å². The minimum absolute atomic E-state index is 0.0660. The third-order valence-corrected chi connectivity index (χ3v) is 13.9. The van der Waals surface area contributed by atoms with Gasteiger partial charge in [0.15, 0.2) is 6.10 Å². The summed E-state index contributed by atoms with van der Waals surface area (Å²) in [5, 5.41) is 9.68. The SMILES string of the molecule is CC/C=C\C/C=C\C/C=C\C/C=C\C/C=C\C/C=C\C/C=C\C/C=C\CCCCCCCCCCCCCCC(=O)OC(CO)COC(=O)CCCCCCCCCCCCCCCCCCCCCCCCC. The predicted octanol–water partition coefficient (Wildman–Crippen LogP) is 21.9. The zero-order chi connectivity index (χ0) is 53.4. The summed E-state index contributed by atoms with van der Waals surface area (Å²) in [4.78, 5) is 24.6. The average Bonchev–Trinajstić information content (AvgIpc) is 3.40. The van der Waals surface area contributed by atoms with Crippen molar-refractivity contribution in [1.82, 2.24) is 0 Å². The lowest BCUT2D eigenvalue weighted by Crippen LogP contribution is -2.28. The highest BCUT2D eigenvalue weighted by Crippen LogP contribution is 2.17. The van der Waals surface area contributed by atoms with Gasteiger partial charge in [-0.15, -0.1) is 0 Å². The highest BCUT2D eigenvalue weighted by Gasteiger charge is 2.16. The van der Waals surface area contributed by atoms with Gasteiger partial charge in [0.05, 0.1) is 6.61 Å². The highest BCUT2D eigenvalue weighted by molar-refractivity contribution is 5.70. The van der Waals surface area contributed by atoms with Crippen molar-refractivity contribution in [1.29, 1.82) is 0 Å². The number of carbonyl (C=O) groups excluding carboxylic acids is 2. The molecule has 1 N–H and O–H groups in total. The number of unbranched alkanes of at least 4 members (excludes halogenated alkanes) is 34. The van der Waals surface area contributed by atoms with E-state index in [0.717, 1.165) is 89.9 Å². The number of ether oxygens (including phenoxy) is 2. The minimum atomic E-state index is -0.777. The Kier molecular flexibility index (Phi) is 61.4. The van der Waals surface area contributed by atoms with E-state index in [2.05, 4.69) is 111 Å². The molecule has 1 atom stereocenters. The van der Waals surface area contributed by atoms with Gasteiger partial charge in [-0.2, -0.15) is 0 Å². The monoisotopic (exact) mass is 1030 g/mol. The molecule has 0 aliphatic heterocycles. The summed E-state index contributed by atoms with van der Waals surface area (Å²) in [6.45, 7) is 4.06. The molecule has 0 aliphatic carbocycles. The lowest BCUT2D eigenvalue weighted by atomic mass is 10.0. The number of esters is 2. The van der Waals surface area contributed by atoms with Crippen molar-refractivity contribution >= 4 is 11.9 Å². The van der Waals surface area contributed by atoms with Gasteiger partial charge in [-0.25, -0.2) is 0 Å². The fourth-order valence-electron chi connectivity index (χ4n) is 9.16. The molecule has 0 amide bonds. The predicted molar refractivity (Wildman–Crippen MR) is 325 cm³/mol. The Balaban J connectivity index is 3.50. The highest BCUT2D eigenvalue weighted by atomic mass is 16.6. The van der Waals surface area contributed by atoms with Gasteiger partial charge >= 0.3 is 11.9 Å². The van der Waals surface area contributed by atoms with Crippen molar-refractivity contribution in [2.24, 2.45) is 0 Å². The molecule has 0 rings (SSSR count). The van der Waals surface area contributed by atoms with E-state index in [-0.39, 0.29) is 25.2 Å². The van der Waals surface area contributed by atoms with Crippen LogP contribution in [0.15, 0.2) is 97.2 Å². The van der Waals surface area contributed by atoms with Crippen molar-refractivity contribution in [2.45, 2.75) is 315 Å². The topological polar surface area (TPSA) is 72.8 Å². The number of rotatable bonds is 58. The van der Waals surface area contributed by atoms with Crippen molar-refractivity contribution in [3.05, 3.63) is 97.2 Å². The normalized spacial score (nSPS) is 12.9. The molecule has 1 unspecified atom stereocenters. The van der Waals surface area contributed by atoms with Gasteiger partial charge in [0.2, 0.25) is 0 Å². The van der Waals surface area contributed by atoms with E-state index in [9.17, 15) is 14.7 Å². The zero-order valence-electron chi connectivity index (χ0n) is 48.8. The molecule has 0 fully saturated rings. The van der Waals surface area contributed by atoms with Gasteiger partial charge in [0.1, 0.15) is 6.61 Å². The molecule has 0 saturated carbocycles. The summed E-state index contributed by atoms with van der Waals surface area (Å²) < 4.78 is 10.7. The Hall–Kier alpha value is -3.18. The lowest BCUT2D eigenvalue weighted by Gasteiger charge is -2.15. The lowest BCUT2D eigenvalue weighted by molar-refractivity contribution is -0.161. The van der Waals surface area contributed by atoms with Crippen LogP contribution in [0.4, 0.5) is 0 Å². The molecule has 0 aromatic heterocycles. The van der Waals surface area contributed by atoms with Gasteiger partial charge in [0.25, 0.3) is 0 Å². The summed E-state index contributed by atoms with van der Waals surface area (Å²) in [6, 6.07) is 0. The Labute approximate surface area is 459 Å². The molecule has 0 heterocycles. The summed E-state index contributed by atoms with van der Waals surface area (Å²) in [5.74, 6) is -0.582. The molecule has 5 heteroatoms. The molecule has 5 nitrogen and oxygen atoms in total. The van der Waals surface area contributed by atoms with Gasteiger partial charge in [-0.05, 0) is 77.0 Å². The molecule has 0 aromatic carbocycles. The molecular weight excluding hydrogens is 909 g/mol. The van der Waals surface area contributed by atoms with Crippen LogP contribution < -0.4 is 0 Å². The quantitative estimate of drug-likeness (QED) is 0.0373. The number of carbonyl (C=O) groups is 2. The first-order chi connectivity index (χ1) is 36.6. The summed E-state index contributed by atoms with van der Waals surface area (Å²) in [5.41, 5.74) is 0. The third kappa shape index (κ3) is 61.4. The number of aliphatic hydroxyl groups excluding tert-OH is 1. The molecule has 74 heavy (non-hydrogen) atoms. The summed E-state index contributed by atoms with van der Waals surface area (Å²) in [6.07, 6.45) is 91.2.